The Morgan fingerprint density at radius 1 is 1.00 bits per heavy atom. The fraction of sp³-hybridized carbons (Fsp3) is 0.238. The highest BCUT2D eigenvalue weighted by Crippen LogP contribution is 2.08. The number of aromatic nitrogens is 2. The van der Waals surface area contributed by atoms with Gasteiger partial charge in [0.15, 0.2) is 5.96 Å². The number of benzene rings is 2. The van der Waals surface area contributed by atoms with Gasteiger partial charge in [0.1, 0.15) is 5.82 Å². The van der Waals surface area contributed by atoms with Gasteiger partial charge in [0.05, 0.1) is 11.9 Å². The lowest BCUT2D eigenvalue weighted by molar-refractivity contribution is 0.606. The van der Waals surface area contributed by atoms with Crippen molar-refractivity contribution in [3.05, 3.63) is 83.9 Å². The topological polar surface area (TPSA) is 54.2 Å². The number of hydrogen-bond acceptors (Lipinski definition) is 2. The summed E-state index contributed by atoms with van der Waals surface area (Å²) in [5.41, 5.74) is 2.89. The Morgan fingerprint density at radius 2 is 1.68 bits per heavy atom. The highest BCUT2D eigenvalue weighted by atomic mass is 127. The summed E-state index contributed by atoms with van der Waals surface area (Å²) in [6, 6.07) is 16.9. The lowest BCUT2D eigenvalue weighted by Gasteiger charge is -2.11. The summed E-state index contributed by atoms with van der Waals surface area (Å²) in [6.07, 6.45) is 5.35. The molecule has 2 N–H and O–H groups in total. The number of guanidine groups is 1. The third-order valence-corrected chi connectivity index (χ3v) is 4.23. The Labute approximate surface area is 182 Å². The minimum absolute atomic E-state index is 0. The first-order valence-electron chi connectivity index (χ1n) is 9.03. The van der Waals surface area contributed by atoms with Crippen molar-refractivity contribution < 1.29 is 4.39 Å². The van der Waals surface area contributed by atoms with Crippen LogP contribution in [0.4, 0.5) is 4.39 Å². The quantitative estimate of drug-likeness (QED) is 0.301. The first-order chi connectivity index (χ1) is 13.3. The second kappa shape index (κ2) is 11.4. The van der Waals surface area contributed by atoms with Crippen molar-refractivity contribution in [2.45, 2.75) is 12.8 Å². The van der Waals surface area contributed by atoms with Crippen molar-refractivity contribution >= 4 is 29.9 Å². The molecule has 0 aliphatic carbocycles. The number of para-hydroxylation sites is 1. The second-order valence-electron chi connectivity index (χ2n) is 6.15. The molecule has 148 valence electrons. The average molecular weight is 493 g/mol. The zero-order chi connectivity index (χ0) is 18.9. The molecule has 2 aromatic carbocycles. The summed E-state index contributed by atoms with van der Waals surface area (Å²) in [7, 11) is 1.73. The van der Waals surface area contributed by atoms with Crippen LogP contribution in [0.15, 0.2) is 72.0 Å². The average Bonchev–Trinajstić information content (AvgIpc) is 3.18. The van der Waals surface area contributed by atoms with Crippen LogP contribution in [0.2, 0.25) is 0 Å². The number of rotatable bonds is 7. The molecule has 3 aromatic rings. The Balaban J connectivity index is 0.00000280. The minimum atomic E-state index is -0.169. The van der Waals surface area contributed by atoms with Gasteiger partial charge in [-0.1, -0.05) is 36.4 Å². The number of aliphatic imine (C=N–C) groups is 1. The molecule has 0 aliphatic heterocycles. The molecule has 0 saturated carbocycles. The molecule has 28 heavy (non-hydrogen) atoms. The molecule has 0 unspecified atom stereocenters. The number of nitrogens with one attached hydrogen (secondary N) is 2. The molecule has 0 bridgehead atoms. The molecule has 0 spiro atoms. The van der Waals surface area contributed by atoms with E-state index in [2.05, 4.69) is 20.7 Å². The summed E-state index contributed by atoms with van der Waals surface area (Å²) >= 11 is 0. The van der Waals surface area contributed by atoms with Crippen LogP contribution in [-0.4, -0.2) is 35.9 Å². The van der Waals surface area contributed by atoms with Crippen molar-refractivity contribution in [3.8, 4) is 5.69 Å². The number of hydrogen-bond donors (Lipinski definition) is 2. The Morgan fingerprint density at radius 3 is 2.39 bits per heavy atom. The van der Waals surface area contributed by atoms with E-state index in [0.717, 1.165) is 24.2 Å². The molecule has 0 amide bonds. The van der Waals surface area contributed by atoms with E-state index in [1.807, 2.05) is 53.5 Å². The summed E-state index contributed by atoms with van der Waals surface area (Å²) in [6.45, 7) is 1.35. The predicted octanol–water partition coefficient (Wildman–Crippen LogP) is 3.58. The maximum atomic E-state index is 13.6. The van der Waals surface area contributed by atoms with Gasteiger partial charge in [-0.3, -0.25) is 4.99 Å². The summed E-state index contributed by atoms with van der Waals surface area (Å²) < 4.78 is 15.5. The van der Waals surface area contributed by atoms with Gasteiger partial charge in [0.2, 0.25) is 0 Å². The largest absolute Gasteiger partial charge is 0.356 e. The van der Waals surface area contributed by atoms with E-state index in [4.69, 9.17) is 0 Å². The summed E-state index contributed by atoms with van der Waals surface area (Å²) in [4.78, 5) is 4.21. The van der Waals surface area contributed by atoms with E-state index in [1.165, 1.54) is 6.07 Å². The van der Waals surface area contributed by atoms with Crippen molar-refractivity contribution in [1.29, 1.82) is 0 Å². The predicted molar refractivity (Wildman–Crippen MR) is 122 cm³/mol. The van der Waals surface area contributed by atoms with E-state index in [9.17, 15) is 4.39 Å². The third-order valence-electron chi connectivity index (χ3n) is 4.23. The maximum Gasteiger partial charge on any atom is 0.190 e. The van der Waals surface area contributed by atoms with Gasteiger partial charge < -0.3 is 10.6 Å². The van der Waals surface area contributed by atoms with Crippen LogP contribution in [0, 0.1) is 5.82 Å². The number of nitrogens with zero attached hydrogens (tertiary/aromatic N) is 3. The van der Waals surface area contributed by atoms with E-state index in [1.54, 1.807) is 19.2 Å². The fourth-order valence-electron chi connectivity index (χ4n) is 2.77. The van der Waals surface area contributed by atoms with Crippen LogP contribution >= 0.6 is 24.0 Å². The van der Waals surface area contributed by atoms with E-state index < -0.39 is 0 Å². The van der Waals surface area contributed by atoms with Crippen molar-refractivity contribution in [1.82, 2.24) is 20.4 Å². The molecular formula is C21H25FIN5. The third kappa shape index (κ3) is 6.33. The van der Waals surface area contributed by atoms with Crippen LogP contribution in [0.5, 0.6) is 0 Å². The molecule has 3 rings (SSSR count). The van der Waals surface area contributed by atoms with Gasteiger partial charge >= 0.3 is 0 Å². The molecule has 0 saturated heterocycles. The van der Waals surface area contributed by atoms with Crippen molar-refractivity contribution in [3.63, 3.8) is 0 Å². The Bertz CT molecular complexity index is 879. The first-order valence-corrected chi connectivity index (χ1v) is 9.03. The van der Waals surface area contributed by atoms with Gasteiger partial charge in [-0.25, -0.2) is 9.07 Å². The van der Waals surface area contributed by atoms with Gasteiger partial charge in [0.25, 0.3) is 0 Å². The molecule has 0 atom stereocenters. The molecule has 0 aliphatic rings. The van der Waals surface area contributed by atoms with Gasteiger partial charge in [-0.15, -0.1) is 24.0 Å². The van der Waals surface area contributed by atoms with E-state index in [0.29, 0.717) is 24.5 Å². The smallest absolute Gasteiger partial charge is 0.190 e. The van der Waals surface area contributed by atoms with Gasteiger partial charge in [0, 0.05) is 26.3 Å². The molecule has 0 radical (unpaired) electrons. The van der Waals surface area contributed by atoms with Crippen molar-refractivity contribution in [2.24, 2.45) is 4.99 Å². The van der Waals surface area contributed by atoms with Crippen LogP contribution in [0.1, 0.15) is 11.1 Å². The molecule has 0 fully saturated rings. The molecule has 1 heterocycles. The SMILES string of the molecule is CN=C(NCCc1cnn(-c2ccccc2)c1)NCCc1ccccc1F.I. The highest BCUT2D eigenvalue weighted by Gasteiger charge is 2.03. The van der Waals surface area contributed by atoms with Crippen LogP contribution in [0.3, 0.4) is 0 Å². The molecule has 1 aromatic heterocycles. The Kier molecular flexibility index (Phi) is 8.93. The number of halogens is 2. The second-order valence-corrected chi connectivity index (χ2v) is 6.15. The standard InChI is InChI=1S/C21H24FN5.HI/c1-23-21(25-14-12-18-7-5-6-10-20(18)22)24-13-11-17-15-26-27(16-17)19-8-3-2-4-9-19;/h2-10,15-16H,11-14H2,1H3,(H2,23,24,25);1H. The fourth-order valence-corrected chi connectivity index (χ4v) is 2.77. The van der Waals surface area contributed by atoms with E-state index in [-0.39, 0.29) is 29.8 Å². The van der Waals surface area contributed by atoms with E-state index >= 15 is 0 Å². The molecule has 7 heteroatoms. The summed E-state index contributed by atoms with van der Waals surface area (Å²) in [5.74, 6) is 0.541. The van der Waals surface area contributed by atoms with Crippen molar-refractivity contribution in [2.75, 3.05) is 20.1 Å². The maximum absolute atomic E-state index is 13.6. The first kappa shape index (κ1) is 21.9. The normalized spacial score (nSPS) is 11.0. The lowest BCUT2D eigenvalue weighted by atomic mass is 10.1. The lowest BCUT2D eigenvalue weighted by Crippen LogP contribution is -2.39. The highest BCUT2D eigenvalue weighted by molar-refractivity contribution is 14.0. The Hall–Kier alpha value is -2.42. The zero-order valence-electron chi connectivity index (χ0n) is 15.8. The molecular weight excluding hydrogens is 468 g/mol. The van der Waals surface area contributed by atoms with Gasteiger partial charge in [-0.2, -0.15) is 5.10 Å². The molecule has 5 nitrogen and oxygen atoms in total. The van der Waals surface area contributed by atoms with Gasteiger partial charge in [-0.05, 0) is 42.2 Å². The van der Waals surface area contributed by atoms with Crippen LogP contribution in [0.25, 0.3) is 5.69 Å². The summed E-state index contributed by atoms with van der Waals surface area (Å²) in [5, 5.41) is 10.9. The minimum Gasteiger partial charge on any atom is -0.356 e. The van der Waals surface area contributed by atoms with Crippen LogP contribution < -0.4 is 10.6 Å². The van der Waals surface area contributed by atoms with Crippen LogP contribution in [-0.2, 0) is 12.8 Å². The zero-order valence-corrected chi connectivity index (χ0v) is 18.1. The monoisotopic (exact) mass is 493 g/mol.